The van der Waals surface area contributed by atoms with Gasteiger partial charge in [0.05, 0.1) is 5.02 Å². The normalized spacial score (nSPS) is 9.31. The summed E-state index contributed by atoms with van der Waals surface area (Å²) in [5.41, 5.74) is 0.551. The zero-order chi connectivity index (χ0) is 9.84. The van der Waals surface area contributed by atoms with Crippen molar-refractivity contribution < 1.29 is 14.4 Å². The van der Waals surface area contributed by atoms with E-state index in [0.29, 0.717) is 18.9 Å². The molecule has 0 aliphatic carbocycles. The standard InChI is InChI=1S/C9H5ClO3/c10-9-7(4-12)1-6(3-11)2-8(9)5-13/h1-5H. The highest BCUT2D eigenvalue weighted by atomic mass is 35.5. The second-order valence-corrected chi connectivity index (χ2v) is 2.74. The lowest BCUT2D eigenvalue weighted by Crippen LogP contribution is -1.93. The Hall–Kier alpha value is -1.48. The smallest absolute Gasteiger partial charge is 0.151 e. The molecule has 13 heavy (non-hydrogen) atoms. The summed E-state index contributed by atoms with van der Waals surface area (Å²) in [4.78, 5) is 31.3. The molecule has 1 aromatic carbocycles. The van der Waals surface area contributed by atoms with Crippen LogP contribution in [0.25, 0.3) is 0 Å². The molecule has 1 rings (SSSR count). The predicted octanol–water partition coefficient (Wildman–Crippen LogP) is 1.78. The van der Waals surface area contributed by atoms with Crippen molar-refractivity contribution in [2.24, 2.45) is 0 Å². The molecule has 0 atom stereocenters. The van der Waals surface area contributed by atoms with E-state index in [2.05, 4.69) is 0 Å². The number of hydrogen-bond acceptors (Lipinski definition) is 3. The van der Waals surface area contributed by atoms with Gasteiger partial charge in [-0.1, -0.05) is 11.6 Å². The van der Waals surface area contributed by atoms with Gasteiger partial charge >= 0.3 is 0 Å². The maximum Gasteiger partial charge on any atom is 0.151 e. The molecule has 0 bridgehead atoms. The van der Waals surface area contributed by atoms with Gasteiger partial charge in [0.2, 0.25) is 0 Å². The molecular formula is C9H5ClO3. The second-order valence-electron chi connectivity index (χ2n) is 2.37. The maximum atomic E-state index is 10.4. The van der Waals surface area contributed by atoms with Crippen molar-refractivity contribution in [1.29, 1.82) is 0 Å². The second kappa shape index (κ2) is 3.96. The van der Waals surface area contributed by atoms with Crippen molar-refractivity contribution in [3.63, 3.8) is 0 Å². The largest absolute Gasteiger partial charge is 0.298 e. The molecule has 0 unspecified atom stereocenters. The van der Waals surface area contributed by atoms with E-state index in [0.717, 1.165) is 0 Å². The van der Waals surface area contributed by atoms with Crippen molar-refractivity contribution in [3.05, 3.63) is 33.8 Å². The van der Waals surface area contributed by atoms with Crippen LogP contribution in [0.5, 0.6) is 0 Å². The number of halogens is 1. The summed E-state index contributed by atoms with van der Waals surface area (Å²) in [5.74, 6) is 0. The van der Waals surface area contributed by atoms with Crippen LogP contribution in [0, 0.1) is 0 Å². The molecule has 66 valence electrons. The topological polar surface area (TPSA) is 51.2 Å². The Bertz CT molecular complexity index is 342. The minimum atomic E-state index is 0.0793. The zero-order valence-electron chi connectivity index (χ0n) is 6.49. The van der Waals surface area contributed by atoms with Crippen molar-refractivity contribution in [2.45, 2.75) is 0 Å². The molecule has 0 spiro atoms. The van der Waals surface area contributed by atoms with Crippen LogP contribution in [0.15, 0.2) is 12.1 Å². The van der Waals surface area contributed by atoms with Gasteiger partial charge < -0.3 is 0 Å². The minimum absolute atomic E-state index is 0.0793. The first-order valence-electron chi connectivity index (χ1n) is 3.42. The van der Waals surface area contributed by atoms with E-state index in [-0.39, 0.29) is 21.7 Å². The lowest BCUT2D eigenvalue weighted by Gasteiger charge is -2.00. The quantitative estimate of drug-likeness (QED) is 0.693. The van der Waals surface area contributed by atoms with Gasteiger partial charge in [0, 0.05) is 16.7 Å². The minimum Gasteiger partial charge on any atom is -0.298 e. The lowest BCUT2D eigenvalue weighted by molar-refractivity contribution is 0.112. The molecule has 3 nitrogen and oxygen atoms in total. The summed E-state index contributed by atoms with van der Waals surface area (Å²) in [5, 5.41) is 0.0793. The maximum absolute atomic E-state index is 10.4. The Labute approximate surface area is 79.3 Å². The molecule has 0 saturated heterocycles. The number of rotatable bonds is 3. The van der Waals surface area contributed by atoms with Gasteiger partial charge in [-0.05, 0) is 12.1 Å². The van der Waals surface area contributed by atoms with Gasteiger partial charge in [0.1, 0.15) is 6.29 Å². The highest BCUT2D eigenvalue weighted by Crippen LogP contribution is 2.19. The van der Waals surface area contributed by atoms with Crippen molar-refractivity contribution >= 4 is 30.5 Å². The average molecular weight is 197 g/mol. The van der Waals surface area contributed by atoms with E-state index in [1.165, 1.54) is 12.1 Å². The van der Waals surface area contributed by atoms with Gasteiger partial charge in [0.25, 0.3) is 0 Å². The fraction of sp³-hybridized carbons (Fsp3) is 0. The molecule has 0 saturated carbocycles. The SMILES string of the molecule is O=Cc1cc(C=O)c(Cl)c(C=O)c1. The summed E-state index contributed by atoms with van der Waals surface area (Å²) < 4.78 is 0. The van der Waals surface area contributed by atoms with E-state index in [9.17, 15) is 14.4 Å². The van der Waals surface area contributed by atoms with E-state index in [4.69, 9.17) is 11.6 Å². The van der Waals surface area contributed by atoms with E-state index in [1.807, 2.05) is 0 Å². The number of carbonyl (C=O) groups excluding carboxylic acids is 3. The van der Waals surface area contributed by atoms with Crippen LogP contribution in [0.1, 0.15) is 31.1 Å². The van der Waals surface area contributed by atoms with Gasteiger partial charge in [-0.2, -0.15) is 0 Å². The third kappa shape index (κ3) is 1.81. The van der Waals surface area contributed by atoms with Crippen LogP contribution in [-0.4, -0.2) is 18.9 Å². The van der Waals surface area contributed by atoms with Crippen LogP contribution >= 0.6 is 11.6 Å². The molecule has 1 aromatic rings. The first-order chi connectivity index (χ1) is 6.22. The zero-order valence-corrected chi connectivity index (χ0v) is 7.25. The van der Waals surface area contributed by atoms with E-state index in [1.54, 1.807) is 0 Å². The number of hydrogen-bond donors (Lipinski definition) is 0. The highest BCUT2D eigenvalue weighted by Gasteiger charge is 2.07. The molecule has 0 aliphatic rings. The Morgan fingerprint density at radius 1 is 0.923 bits per heavy atom. The Morgan fingerprint density at radius 2 is 1.38 bits per heavy atom. The molecule has 0 heterocycles. The highest BCUT2D eigenvalue weighted by molar-refractivity contribution is 6.35. The molecule has 4 heteroatoms. The summed E-state index contributed by atoms with van der Waals surface area (Å²) in [6.07, 6.45) is 1.56. The van der Waals surface area contributed by atoms with Gasteiger partial charge in [-0.15, -0.1) is 0 Å². The van der Waals surface area contributed by atoms with Crippen molar-refractivity contribution in [2.75, 3.05) is 0 Å². The van der Waals surface area contributed by atoms with E-state index < -0.39 is 0 Å². The summed E-state index contributed by atoms with van der Waals surface area (Å²) >= 11 is 5.66. The van der Waals surface area contributed by atoms with Gasteiger partial charge in [0.15, 0.2) is 12.6 Å². The molecule has 0 N–H and O–H groups in total. The Morgan fingerprint density at radius 3 is 1.69 bits per heavy atom. The number of benzene rings is 1. The first kappa shape index (κ1) is 9.61. The third-order valence-corrected chi connectivity index (χ3v) is 1.98. The summed E-state index contributed by atoms with van der Waals surface area (Å²) in [6.45, 7) is 0. The molecule has 0 fully saturated rings. The molecule has 0 radical (unpaired) electrons. The first-order valence-corrected chi connectivity index (χ1v) is 3.79. The van der Waals surface area contributed by atoms with E-state index >= 15 is 0 Å². The van der Waals surface area contributed by atoms with Gasteiger partial charge in [-0.25, -0.2) is 0 Å². The average Bonchev–Trinajstić information content (AvgIpc) is 2.18. The van der Waals surface area contributed by atoms with Crippen LogP contribution in [0.2, 0.25) is 5.02 Å². The van der Waals surface area contributed by atoms with Crippen molar-refractivity contribution in [3.8, 4) is 0 Å². The Balaban J connectivity index is 3.44. The van der Waals surface area contributed by atoms with Crippen molar-refractivity contribution in [1.82, 2.24) is 0 Å². The summed E-state index contributed by atoms with van der Waals surface area (Å²) in [6, 6.07) is 2.66. The van der Waals surface area contributed by atoms with Crippen LogP contribution < -0.4 is 0 Å². The predicted molar refractivity (Wildman–Crippen MR) is 47.6 cm³/mol. The lowest BCUT2D eigenvalue weighted by atomic mass is 10.1. The summed E-state index contributed by atoms with van der Waals surface area (Å²) in [7, 11) is 0. The monoisotopic (exact) mass is 196 g/mol. The van der Waals surface area contributed by atoms with Crippen LogP contribution in [-0.2, 0) is 0 Å². The molecular weight excluding hydrogens is 192 g/mol. The van der Waals surface area contributed by atoms with Crippen LogP contribution in [0.3, 0.4) is 0 Å². The number of aldehydes is 3. The molecule has 0 amide bonds. The fourth-order valence-corrected chi connectivity index (χ4v) is 1.13. The third-order valence-electron chi connectivity index (χ3n) is 1.54. The molecule has 0 aromatic heterocycles. The molecule has 0 aliphatic heterocycles. The van der Waals surface area contributed by atoms with Gasteiger partial charge in [-0.3, -0.25) is 14.4 Å². The fourth-order valence-electron chi connectivity index (χ4n) is 0.934. The van der Waals surface area contributed by atoms with Crippen LogP contribution in [0.4, 0.5) is 0 Å². The number of carbonyl (C=O) groups is 3. The Kier molecular flexibility index (Phi) is 2.93.